The smallest absolute Gasteiger partial charge is 0.233 e. The number of halogens is 2. The molecule has 5 rings (SSSR count). The molecule has 0 spiro atoms. The molecular formula is C23H18ClFN2O2. The number of nitrogens with zero attached hydrogens (tertiary/aromatic N) is 1. The minimum Gasteiger partial charge on any atom is -0.338 e. The van der Waals surface area contributed by atoms with E-state index in [0.717, 1.165) is 22.4 Å². The minimum absolute atomic E-state index is 0.0461. The van der Waals surface area contributed by atoms with Gasteiger partial charge in [-0.1, -0.05) is 41.0 Å². The van der Waals surface area contributed by atoms with Crippen LogP contribution in [0.3, 0.4) is 0 Å². The SMILES string of the molecule is Cc1noc2c1[C@H](c1cccc(F)c1)C1=C(C[C@@H](c3ccc(Cl)cc3)CC1=O)N2. The van der Waals surface area contributed by atoms with Crippen molar-refractivity contribution in [1.29, 1.82) is 0 Å². The number of aromatic nitrogens is 1. The van der Waals surface area contributed by atoms with Crippen molar-refractivity contribution in [3.63, 3.8) is 0 Å². The number of allylic oxidation sites excluding steroid dienone is 2. The van der Waals surface area contributed by atoms with Crippen molar-refractivity contribution in [3.05, 3.63) is 93.0 Å². The maximum Gasteiger partial charge on any atom is 0.233 e. The summed E-state index contributed by atoms with van der Waals surface area (Å²) in [5.41, 5.74) is 4.79. The van der Waals surface area contributed by atoms with Crippen LogP contribution < -0.4 is 5.32 Å². The first-order valence-corrected chi connectivity index (χ1v) is 9.89. The normalized spacial score (nSPS) is 20.9. The summed E-state index contributed by atoms with van der Waals surface area (Å²) in [4.78, 5) is 13.3. The molecule has 1 aliphatic heterocycles. The third kappa shape index (κ3) is 3.06. The Morgan fingerprint density at radius 1 is 1.14 bits per heavy atom. The summed E-state index contributed by atoms with van der Waals surface area (Å²) in [5, 5.41) is 8.03. The van der Waals surface area contributed by atoms with E-state index in [9.17, 15) is 9.18 Å². The van der Waals surface area contributed by atoms with E-state index in [1.54, 1.807) is 6.07 Å². The van der Waals surface area contributed by atoms with E-state index in [0.29, 0.717) is 35.0 Å². The molecule has 4 nitrogen and oxygen atoms in total. The molecule has 146 valence electrons. The van der Waals surface area contributed by atoms with Crippen LogP contribution in [0.15, 0.2) is 64.3 Å². The second kappa shape index (κ2) is 6.85. The Kier molecular flexibility index (Phi) is 4.28. The van der Waals surface area contributed by atoms with Crippen LogP contribution in [0.4, 0.5) is 10.3 Å². The number of carbonyl (C=O) groups excluding carboxylic acids is 1. The van der Waals surface area contributed by atoms with Gasteiger partial charge in [0.25, 0.3) is 0 Å². The average Bonchev–Trinajstić information content (AvgIpc) is 3.07. The lowest BCUT2D eigenvalue weighted by atomic mass is 9.72. The standard InChI is InChI=1S/C23H18ClFN2O2/c1-12-20-21(14-3-2-4-17(25)9-14)22-18(26-23(20)29-27-12)10-15(11-19(22)28)13-5-7-16(24)8-6-13/h2-9,15,21,26H,10-11H2,1H3/t15-,21+/m1/s1. The van der Waals surface area contributed by atoms with Gasteiger partial charge in [0.1, 0.15) is 5.82 Å². The van der Waals surface area contributed by atoms with Crippen molar-refractivity contribution in [3.8, 4) is 0 Å². The summed E-state index contributed by atoms with van der Waals surface area (Å²) in [6.45, 7) is 1.84. The van der Waals surface area contributed by atoms with Gasteiger partial charge < -0.3 is 9.84 Å². The molecule has 0 saturated carbocycles. The van der Waals surface area contributed by atoms with E-state index in [1.165, 1.54) is 12.1 Å². The van der Waals surface area contributed by atoms with Crippen molar-refractivity contribution >= 4 is 23.3 Å². The lowest BCUT2D eigenvalue weighted by Gasteiger charge is -2.34. The topological polar surface area (TPSA) is 55.1 Å². The van der Waals surface area contributed by atoms with E-state index in [-0.39, 0.29) is 23.4 Å². The summed E-state index contributed by atoms with van der Waals surface area (Å²) < 4.78 is 19.5. The van der Waals surface area contributed by atoms with E-state index in [4.69, 9.17) is 16.1 Å². The van der Waals surface area contributed by atoms with Crippen LogP contribution >= 0.6 is 11.6 Å². The van der Waals surface area contributed by atoms with E-state index >= 15 is 0 Å². The maximum absolute atomic E-state index is 14.0. The maximum atomic E-state index is 14.0. The molecule has 0 unspecified atom stereocenters. The summed E-state index contributed by atoms with van der Waals surface area (Å²) in [6.07, 6.45) is 1.06. The first-order valence-electron chi connectivity index (χ1n) is 9.51. The number of aryl methyl sites for hydroxylation is 1. The lowest BCUT2D eigenvalue weighted by Crippen LogP contribution is -2.29. The van der Waals surface area contributed by atoms with Gasteiger partial charge in [0, 0.05) is 28.6 Å². The molecule has 0 amide bonds. The highest BCUT2D eigenvalue weighted by Gasteiger charge is 2.41. The van der Waals surface area contributed by atoms with Gasteiger partial charge in [-0.2, -0.15) is 0 Å². The number of hydrogen-bond acceptors (Lipinski definition) is 4. The Balaban J connectivity index is 1.62. The molecular weight excluding hydrogens is 391 g/mol. The zero-order valence-electron chi connectivity index (χ0n) is 15.7. The molecule has 1 N–H and O–H groups in total. The van der Waals surface area contributed by atoms with Crippen LogP contribution in [-0.2, 0) is 4.79 Å². The summed E-state index contributed by atoms with van der Waals surface area (Å²) in [7, 11) is 0. The number of Topliss-reactive ketones (excluding diaryl/α,β-unsaturated/α-hetero) is 1. The fourth-order valence-electron chi connectivity index (χ4n) is 4.46. The molecule has 1 aliphatic carbocycles. The van der Waals surface area contributed by atoms with Crippen molar-refractivity contribution in [1.82, 2.24) is 5.16 Å². The quantitative estimate of drug-likeness (QED) is 0.588. The van der Waals surface area contributed by atoms with Gasteiger partial charge in [-0.05, 0) is 54.7 Å². The van der Waals surface area contributed by atoms with Gasteiger partial charge in [-0.25, -0.2) is 4.39 Å². The third-order valence-corrected chi connectivity index (χ3v) is 6.03. The van der Waals surface area contributed by atoms with E-state index in [2.05, 4.69) is 10.5 Å². The van der Waals surface area contributed by atoms with Gasteiger partial charge >= 0.3 is 0 Å². The van der Waals surface area contributed by atoms with Gasteiger partial charge in [0.2, 0.25) is 5.88 Å². The highest BCUT2D eigenvalue weighted by molar-refractivity contribution is 6.30. The Morgan fingerprint density at radius 3 is 2.69 bits per heavy atom. The van der Waals surface area contributed by atoms with Crippen molar-refractivity contribution < 1.29 is 13.7 Å². The number of fused-ring (bicyclic) bond motifs is 1. The largest absolute Gasteiger partial charge is 0.338 e. The van der Waals surface area contributed by atoms with Gasteiger partial charge in [-0.3, -0.25) is 4.79 Å². The van der Waals surface area contributed by atoms with Crippen LogP contribution in [0.1, 0.15) is 47.1 Å². The number of hydrogen-bond donors (Lipinski definition) is 1. The molecule has 2 heterocycles. The van der Waals surface area contributed by atoms with Gasteiger partial charge in [-0.15, -0.1) is 0 Å². The molecule has 3 aromatic rings. The first kappa shape index (κ1) is 18.1. The molecule has 0 bridgehead atoms. The molecule has 2 aliphatic rings. The molecule has 0 radical (unpaired) electrons. The molecule has 0 fully saturated rings. The first-order chi connectivity index (χ1) is 14.0. The Bertz CT molecular complexity index is 1150. The average molecular weight is 409 g/mol. The second-order valence-corrected chi connectivity index (χ2v) is 8.03. The van der Waals surface area contributed by atoms with Crippen LogP contribution in [0.2, 0.25) is 5.02 Å². The minimum atomic E-state index is -0.387. The molecule has 2 aromatic carbocycles. The van der Waals surface area contributed by atoms with Crippen molar-refractivity contribution in [2.24, 2.45) is 0 Å². The van der Waals surface area contributed by atoms with Crippen molar-refractivity contribution in [2.75, 3.05) is 5.32 Å². The Morgan fingerprint density at radius 2 is 1.93 bits per heavy atom. The monoisotopic (exact) mass is 408 g/mol. The predicted molar refractivity (Wildman–Crippen MR) is 109 cm³/mol. The number of rotatable bonds is 2. The number of benzene rings is 2. The zero-order chi connectivity index (χ0) is 20.1. The van der Waals surface area contributed by atoms with E-state index in [1.807, 2.05) is 37.3 Å². The van der Waals surface area contributed by atoms with Crippen LogP contribution in [0.5, 0.6) is 0 Å². The van der Waals surface area contributed by atoms with Crippen LogP contribution in [-0.4, -0.2) is 10.9 Å². The number of ketones is 1. The van der Waals surface area contributed by atoms with Crippen LogP contribution in [0, 0.1) is 12.7 Å². The molecule has 2 atom stereocenters. The summed E-state index contributed by atoms with van der Waals surface area (Å²) in [6, 6.07) is 14.0. The Labute approximate surface area is 172 Å². The molecule has 1 aromatic heterocycles. The highest BCUT2D eigenvalue weighted by atomic mass is 35.5. The number of anilines is 1. The fourth-order valence-corrected chi connectivity index (χ4v) is 4.59. The highest BCUT2D eigenvalue weighted by Crippen LogP contribution is 2.49. The summed E-state index contributed by atoms with van der Waals surface area (Å²) >= 11 is 6.01. The van der Waals surface area contributed by atoms with Gasteiger partial charge in [0.05, 0.1) is 11.3 Å². The fraction of sp³-hybridized carbons (Fsp3) is 0.217. The zero-order valence-corrected chi connectivity index (χ0v) is 16.5. The van der Waals surface area contributed by atoms with Crippen LogP contribution in [0.25, 0.3) is 0 Å². The predicted octanol–water partition coefficient (Wildman–Crippen LogP) is 5.73. The number of nitrogens with one attached hydrogen (secondary N) is 1. The third-order valence-electron chi connectivity index (χ3n) is 5.78. The van der Waals surface area contributed by atoms with E-state index < -0.39 is 0 Å². The van der Waals surface area contributed by atoms with Gasteiger partial charge in [0.15, 0.2) is 5.78 Å². The lowest BCUT2D eigenvalue weighted by molar-refractivity contribution is -0.116. The summed E-state index contributed by atoms with van der Waals surface area (Å²) in [5.74, 6) is -0.0907. The molecule has 29 heavy (non-hydrogen) atoms. The second-order valence-electron chi connectivity index (χ2n) is 7.60. The molecule has 0 saturated heterocycles. The molecule has 6 heteroatoms. The number of carbonyl (C=O) groups is 1. The van der Waals surface area contributed by atoms with Crippen molar-refractivity contribution in [2.45, 2.75) is 31.6 Å². The Hall–Kier alpha value is -2.92.